The van der Waals surface area contributed by atoms with Gasteiger partial charge in [0, 0.05) is 12.8 Å². The zero-order chi connectivity index (χ0) is 22.7. The highest BCUT2D eigenvalue weighted by Crippen LogP contribution is 2.42. The van der Waals surface area contributed by atoms with Crippen molar-refractivity contribution < 1.29 is 14.3 Å². The van der Waals surface area contributed by atoms with Crippen LogP contribution in [0.4, 0.5) is 0 Å². The lowest BCUT2D eigenvalue weighted by Gasteiger charge is -2.32. The van der Waals surface area contributed by atoms with E-state index in [4.69, 9.17) is 9.47 Å². The second kappa shape index (κ2) is 9.50. The van der Waals surface area contributed by atoms with E-state index < -0.39 is 0 Å². The van der Waals surface area contributed by atoms with Crippen LogP contribution in [0.25, 0.3) is 16.7 Å². The van der Waals surface area contributed by atoms with Crippen LogP contribution in [0, 0.1) is 12.3 Å². The number of aryl methyl sites for hydroxylation is 1. The normalized spacial score (nSPS) is 19.2. The molecular weight excluding hydrogens is 398 g/mol. The van der Waals surface area contributed by atoms with Crippen molar-refractivity contribution in [3.63, 3.8) is 0 Å². The molecular formula is C28H35NO3. The van der Waals surface area contributed by atoms with Crippen LogP contribution in [-0.4, -0.2) is 31.6 Å². The summed E-state index contributed by atoms with van der Waals surface area (Å²) < 4.78 is 12.1. The number of Topliss-reactive ketones (excluding diaryl/α,β-unsaturated/α-hetero) is 1. The number of benzene rings is 2. The smallest absolute Gasteiger partial charge is 0.167 e. The Bertz CT molecular complexity index is 998. The molecule has 0 spiro atoms. The van der Waals surface area contributed by atoms with Crippen molar-refractivity contribution in [2.45, 2.75) is 59.5 Å². The van der Waals surface area contributed by atoms with E-state index >= 15 is 0 Å². The second-order valence-electron chi connectivity index (χ2n) is 9.79. The number of carbonyl (C=O) groups is 1. The fourth-order valence-corrected chi connectivity index (χ4v) is 4.76. The maximum atomic E-state index is 13.2. The van der Waals surface area contributed by atoms with Gasteiger partial charge in [-0.05, 0) is 85.6 Å². The number of allylic oxidation sites excluding steroid dienone is 2. The molecule has 4 nitrogen and oxygen atoms in total. The Hall–Kier alpha value is -2.59. The van der Waals surface area contributed by atoms with Crippen molar-refractivity contribution in [2.24, 2.45) is 5.41 Å². The minimum absolute atomic E-state index is 0.0686. The quantitative estimate of drug-likeness (QED) is 0.613. The van der Waals surface area contributed by atoms with E-state index in [2.05, 4.69) is 68.6 Å². The largest absolute Gasteiger partial charge is 0.497 e. The molecule has 0 unspecified atom stereocenters. The van der Waals surface area contributed by atoms with E-state index in [9.17, 15) is 4.79 Å². The molecule has 0 radical (unpaired) electrons. The molecule has 1 aliphatic heterocycles. The summed E-state index contributed by atoms with van der Waals surface area (Å²) in [5.74, 6) is 1.93. The molecule has 1 fully saturated rings. The third-order valence-electron chi connectivity index (χ3n) is 6.44. The standard InChI is InChI=1S/C28H35NO3/c1-5-31-26-18-28(3,4)17-25(30)27(26)24-16-21(7-6-19(24)2)20-8-10-22(11-9-20)32-23-12-14-29-15-13-23/h6-11,16,23,29H,5,12-15,17-18H2,1-4H3. The number of ketones is 1. The van der Waals surface area contributed by atoms with Crippen LogP contribution in [0.5, 0.6) is 5.75 Å². The van der Waals surface area contributed by atoms with Gasteiger partial charge in [-0.25, -0.2) is 0 Å². The molecule has 0 amide bonds. The van der Waals surface area contributed by atoms with Crippen LogP contribution in [0.1, 0.15) is 57.6 Å². The highest BCUT2D eigenvalue weighted by atomic mass is 16.5. The molecule has 1 aliphatic carbocycles. The van der Waals surface area contributed by atoms with E-state index in [1.54, 1.807) is 0 Å². The molecule has 2 aromatic rings. The van der Waals surface area contributed by atoms with Gasteiger partial charge in [0.15, 0.2) is 5.78 Å². The van der Waals surface area contributed by atoms with Gasteiger partial charge in [-0.15, -0.1) is 0 Å². The SMILES string of the molecule is CCOC1=C(c2cc(-c3ccc(OC4CCNCC4)cc3)ccc2C)C(=O)CC(C)(C)C1. The Morgan fingerprint density at radius 3 is 2.38 bits per heavy atom. The Morgan fingerprint density at radius 2 is 1.69 bits per heavy atom. The first kappa shape index (κ1) is 22.6. The van der Waals surface area contributed by atoms with Gasteiger partial charge in [0.2, 0.25) is 0 Å². The lowest BCUT2D eigenvalue weighted by atomic mass is 9.74. The number of nitrogens with one attached hydrogen (secondary N) is 1. The Morgan fingerprint density at radius 1 is 1.00 bits per heavy atom. The summed E-state index contributed by atoms with van der Waals surface area (Å²) in [7, 11) is 0. The van der Waals surface area contributed by atoms with E-state index in [0.29, 0.717) is 19.1 Å². The van der Waals surface area contributed by atoms with Crippen LogP contribution >= 0.6 is 0 Å². The molecule has 0 aromatic heterocycles. The summed E-state index contributed by atoms with van der Waals surface area (Å²) in [6, 6.07) is 14.7. The fourth-order valence-electron chi connectivity index (χ4n) is 4.76. The number of hydrogen-bond acceptors (Lipinski definition) is 4. The van der Waals surface area contributed by atoms with E-state index in [-0.39, 0.29) is 11.2 Å². The molecule has 0 atom stereocenters. The zero-order valence-corrected chi connectivity index (χ0v) is 19.8. The molecule has 32 heavy (non-hydrogen) atoms. The summed E-state index contributed by atoms with van der Waals surface area (Å²) in [4.78, 5) is 13.2. The molecule has 1 saturated heterocycles. The average Bonchev–Trinajstić information content (AvgIpc) is 2.75. The first-order valence-corrected chi connectivity index (χ1v) is 11.8. The van der Waals surface area contributed by atoms with Gasteiger partial charge in [0.05, 0.1) is 12.2 Å². The van der Waals surface area contributed by atoms with E-state index in [0.717, 1.165) is 71.7 Å². The fraction of sp³-hybridized carbons (Fsp3) is 0.464. The van der Waals surface area contributed by atoms with Gasteiger partial charge in [-0.2, -0.15) is 0 Å². The Kier molecular flexibility index (Phi) is 6.71. The highest BCUT2D eigenvalue weighted by Gasteiger charge is 2.35. The average molecular weight is 434 g/mol. The van der Waals surface area contributed by atoms with Crippen molar-refractivity contribution >= 4 is 11.4 Å². The molecule has 0 saturated carbocycles. The molecule has 2 aromatic carbocycles. The van der Waals surface area contributed by atoms with Crippen molar-refractivity contribution in [3.05, 3.63) is 59.4 Å². The highest BCUT2D eigenvalue weighted by molar-refractivity contribution is 6.22. The summed E-state index contributed by atoms with van der Waals surface area (Å²) in [6.45, 7) is 10.9. The van der Waals surface area contributed by atoms with Gasteiger partial charge < -0.3 is 14.8 Å². The Balaban J connectivity index is 1.63. The van der Waals surface area contributed by atoms with Gasteiger partial charge >= 0.3 is 0 Å². The first-order chi connectivity index (χ1) is 15.4. The zero-order valence-electron chi connectivity index (χ0n) is 19.8. The first-order valence-electron chi connectivity index (χ1n) is 11.8. The minimum Gasteiger partial charge on any atom is -0.497 e. The maximum absolute atomic E-state index is 13.2. The summed E-state index contributed by atoms with van der Waals surface area (Å²) >= 11 is 0. The van der Waals surface area contributed by atoms with Crippen molar-refractivity contribution in [1.82, 2.24) is 5.32 Å². The molecule has 2 aliphatic rings. The summed E-state index contributed by atoms with van der Waals surface area (Å²) in [5.41, 5.74) is 4.99. The van der Waals surface area contributed by atoms with E-state index in [1.807, 2.05) is 6.92 Å². The Labute approximate surface area is 192 Å². The third kappa shape index (κ3) is 5.07. The molecule has 4 heteroatoms. The molecule has 170 valence electrons. The van der Waals surface area contributed by atoms with Gasteiger partial charge in [-0.1, -0.05) is 38.1 Å². The number of carbonyl (C=O) groups excluding carboxylic acids is 1. The van der Waals surface area contributed by atoms with Gasteiger partial charge in [-0.3, -0.25) is 4.79 Å². The number of rotatable bonds is 6. The van der Waals surface area contributed by atoms with Crippen LogP contribution in [-0.2, 0) is 9.53 Å². The van der Waals surface area contributed by atoms with Crippen molar-refractivity contribution in [2.75, 3.05) is 19.7 Å². The molecule has 1 heterocycles. The molecule has 0 bridgehead atoms. The molecule has 1 N–H and O–H groups in total. The third-order valence-corrected chi connectivity index (χ3v) is 6.44. The number of ether oxygens (including phenoxy) is 2. The van der Waals surface area contributed by atoms with E-state index in [1.165, 1.54) is 0 Å². The van der Waals surface area contributed by atoms with Crippen molar-refractivity contribution in [1.29, 1.82) is 0 Å². The number of hydrogen-bond donors (Lipinski definition) is 1. The van der Waals surface area contributed by atoms with Crippen LogP contribution < -0.4 is 10.1 Å². The van der Waals surface area contributed by atoms with Crippen LogP contribution in [0.15, 0.2) is 48.2 Å². The van der Waals surface area contributed by atoms with Gasteiger partial charge in [0.1, 0.15) is 17.6 Å². The number of piperidine rings is 1. The summed E-state index contributed by atoms with van der Waals surface area (Å²) in [5, 5.41) is 3.37. The molecule has 4 rings (SSSR count). The lowest BCUT2D eigenvalue weighted by molar-refractivity contribution is -0.116. The predicted octanol–water partition coefficient (Wildman–Crippen LogP) is 5.93. The summed E-state index contributed by atoms with van der Waals surface area (Å²) in [6.07, 6.45) is 3.72. The van der Waals surface area contributed by atoms with Crippen LogP contribution in [0.2, 0.25) is 0 Å². The maximum Gasteiger partial charge on any atom is 0.167 e. The lowest BCUT2D eigenvalue weighted by Crippen LogP contribution is -2.34. The second-order valence-corrected chi connectivity index (χ2v) is 9.79. The minimum atomic E-state index is -0.0686. The topological polar surface area (TPSA) is 47.6 Å². The monoisotopic (exact) mass is 433 g/mol. The van der Waals surface area contributed by atoms with Crippen LogP contribution in [0.3, 0.4) is 0 Å². The van der Waals surface area contributed by atoms with Gasteiger partial charge in [0.25, 0.3) is 0 Å². The van der Waals surface area contributed by atoms with Crippen molar-refractivity contribution in [3.8, 4) is 16.9 Å². The predicted molar refractivity (Wildman–Crippen MR) is 130 cm³/mol.